The molecule has 0 fully saturated rings. The number of rotatable bonds is 5. The van der Waals surface area contributed by atoms with E-state index >= 15 is 0 Å². The van der Waals surface area contributed by atoms with Crippen molar-refractivity contribution in [3.05, 3.63) is 36.1 Å². The van der Waals surface area contributed by atoms with Gasteiger partial charge in [0, 0.05) is 31.9 Å². The van der Waals surface area contributed by atoms with Crippen LogP contribution < -0.4 is 5.32 Å². The number of aliphatic hydroxyl groups is 1. The number of aliphatic hydroxyl groups excluding tert-OH is 1. The van der Waals surface area contributed by atoms with Crippen LogP contribution in [0, 0.1) is 0 Å². The molecule has 2 aromatic rings. The molecule has 1 unspecified atom stereocenters. The number of fused-ring (bicyclic) bond motifs is 1. The van der Waals surface area contributed by atoms with Crippen molar-refractivity contribution in [3.8, 4) is 0 Å². The molecule has 0 aliphatic heterocycles. The number of furan rings is 1. The minimum atomic E-state index is -0.527. The molecule has 5 nitrogen and oxygen atoms in total. The van der Waals surface area contributed by atoms with Gasteiger partial charge in [-0.15, -0.1) is 0 Å². The molecular weight excluding hydrogens is 256 g/mol. The molecule has 5 heteroatoms. The molecule has 1 heterocycles. The summed E-state index contributed by atoms with van der Waals surface area (Å²) in [5, 5.41) is 13.1. The lowest BCUT2D eigenvalue weighted by Crippen LogP contribution is -2.41. The Labute approximate surface area is 118 Å². The second-order valence-electron chi connectivity index (χ2n) is 4.96. The molecule has 1 aromatic heterocycles. The number of likely N-dealkylation sites (N-methyl/N-ethyl adjacent to an activating group) is 1. The highest BCUT2D eigenvalue weighted by Crippen LogP contribution is 2.18. The molecule has 2 amide bonds. The van der Waals surface area contributed by atoms with E-state index < -0.39 is 6.10 Å². The van der Waals surface area contributed by atoms with E-state index in [0.29, 0.717) is 19.5 Å². The molecule has 0 radical (unpaired) electrons. The Morgan fingerprint density at radius 3 is 2.90 bits per heavy atom. The van der Waals surface area contributed by atoms with Crippen molar-refractivity contribution in [1.82, 2.24) is 10.2 Å². The van der Waals surface area contributed by atoms with E-state index in [0.717, 1.165) is 16.7 Å². The van der Waals surface area contributed by atoms with Gasteiger partial charge < -0.3 is 19.7 Å². The van der Waals surface area contributed by atoms with Gasteiger partial charge in [-0.2, -0.15) is 0 Å². The minimum Gasteiger partial charge on any atom is -0.461 e. The first-order valence-corrected chi connectivity index (χ1v) is 6.71. The lowest BCUT2D eigenvalue weighted by molar-refractivity contribution is 0.144. The largest absolute Gasteiger partial charge is 0.461 e. The fourth-order valence-corrected chi connectivity index (χ4v) is 2.07. The fraction of sp³-hybridized carbons (Fsp3) is 0.400. The Bertz CT molecular complexity index is 544. The van der Waals surface area contributed by atoms with Crippen LogP contribution >= 0.6 is 0 Å². The number of nitrogens with zero attached hydrogens (tertiary/aromatic N) is 1. The second-order valence-corrected chi connectivity index (χ2v) is 4.96. The van der Waals surface area contributed by atoms with Gasteiger partial charge in [0.2, 0.25) is 0 Å². The third-order valence-corrected chi connectivity index (χ3v) is 3.01. The highest BCUT2D eigenvalue weighted by atomic mass is 16.3. The van der Waals surface area contributed by atoms with Crippen LogP contribution in [0.15, 0.2) is 34.7 Å². The van der Waals surface area contributed by atoms with E-state index in [9.17, 15) is 9.90 Å². The molecule has 2 N–H and O–H groups in total. The van der Waals surface area contributed by atoms with E-state index in [1.54, 1.807) is 14.0 Å². The zero-order valence-corrected chi connectivity index (χ0v) is 11.8. The number of amides is 2. The Balaban J connectivity index is 1.82. The Hall–Kier alpha value is -2.01. The number of carbonyl (C=O) groups is 1. The van der Waals surface area contributed by atoms with Gasteiger partial charge in [-0.1, -0.05) is 18.2 Å². The van der Waals surface area contributed by atoms with E-state index in [2.05, 4.69) is 5.32 Å². The predicted octanol–water partition coefficient (Wildman–Crippen LogP) is 2.00. The summed E-state index contributed by atoms with van der Waals surface area (Å²) in [7, 11) is 1.66. The van der Waals surface area contributed by atoms with Crippen LogP contribution in [0.5, 0.6) is 0 Å². The molecule has 2 rings (SSSR count). The summed E-state index contributed by atoms with van der Waals surface area (Å²) >= 11 is 0. The molecule has 0 aliphatic rings. The van der Waals surface area contributed by atoms with Gasteiger partial charge in [-0.25, -0.2) is 4.79 Å². The van der Waals surface area contributed by atoms with Gasteiger partial charge >= 0.3 is 6.03 Å². The normalized spacial score (nSPS) is 12.3. The van der Waals surface area contributed by atoms with Crippen molar-refractivity contribution in [2.75, 3.05) is 20.1 Å². The second kappa shape index (κ2) is 6.43. The third kappa shape index (κ3) is 3.74. The molecule has 1 aromatic carbocycles. The van der Waals surface area contributed by atoms with E-state index in [4.69, 9.17) is 4.42 Å². The summed E-state index contributed by atoms with van der Waals surface area (Å²) in [6, 6.07) is 9.62. The molecule has 20 heavy (non-hydrogen) atoms. The number of carbonyl (C=O) groups excluding carboxylic acids is 1. The summed E-state index contributed by atoms with van der Waals surface area (Å²) in [5.74, 6) is 0.852. The third-order valence-electron chi connectivity index (χ3n) is 3.01. The summed E-state index contributed by atoms with van der Waals surface area (Å²) in [4.78, 5) is 13.2. The maximum Gasteiger partial charge on any atom is 0.317 e. The first-order valence-electron chi connectivity index (χ1n) is 6.71. The zero-order chi connectivity index (χ0) is 14.5. The van der Waals surface area contributed by atoms with Gasteiger partial charge in [0.25, 0.3) is 0 Å². The maximum absolute atomic E-state index is 11.7. The number of nitrogens with one attached hydrogen (secondary N) is 1. The van der Waals surface area contributed by atoms with Crippen LogP contribution in [-0.4, -0.2) is 42.3 Å². The smallest absolute Gasteiger partial charge is 0.317 e. The highest BCUT2D eigenvalue weighted by molar-refractivity contribution is 5.77. The van der Waals surface area contributed by atoms with Gasteiger partial charge in [0.05, 0.1) is 6.10 Å². The summed E-state index contributed by atoms with van der Waals surface area (Å²) < 4.78 is 5.67. The topological polar surface area (TPSA) is 65.7 Å². The molecule has 1 atom stereocenters. The van der Waals surface area contributed by atoms with Crippen molar-refractivity contribution < 1.29 is 14.3 Å². The van der Waals surface area contributed by atoms with Gasteiger partial charge in [0.15, 0.2) is 0 Å². The Kier molecular flexibility index (Phi) is 4.63. The minimum absolute atomic E-state index is 0.193. The van der Waals surface area contributed by atoms with Crippen LogP contribution in [0.25, 0.3) is 11.0 Å². The Morgan fingerprint density at radius 2 is 2.20 bits per heavy atom. The number of benzene rings is 1. The summed E-state index contributed by atoms with van der Waals surface area (Å²) in [5.41, 5.74) is 0.861. The average Bonchev–Trinajstić information content (AvgIpc) is 2.80. The first kappa shape index (κ1) is 14.4. The fourth-order valence-electron chi connectivity index (χ4n) is 2.07. The van der Waals surface area contributed by atoms with Crippen molar-refractivity contribution in [1.29, 1.82) is 0 Å². The van der Waals surface area contributed by atoms with Gasteiger partial charge in [0.1, 0.15) is 11.3 Å². The summed E-state index contributed by atoms with van der Waals surface area (Å²) in [6.07, 6.45) is 0.115. The number of urea groups is 1. The van der Waals surface area contributed by atoms with E-state index in [1.165, 1.54) is 4.90 Å². The quantitative estimate of drug-likeness (QED) is 0.877. The van der Waals surface area contributed by atoms with Crippen LogP contribution in [0.2, 0.25) is 0 Å². The molecule has 0 spiro atoms. The van der Waals surface area contributed by atoms with E-state index in [1.807, 2.05) is 30.3 Å². The maximum atomic E-state index is 11.7. The average molecular weight is 276 g/mol. The van der Waals surface area contributed by atoms with Crippen LogP contribution in [0.4, 0.5) is 4.79 Å². The number of hydrogen-bond donors (Lipinski definition) is 2. The Morgan fingerprint density at radius 1 is 1.45 bits per heavy atom. The number of para-hydroxylation sites is 1. The SMILES string of the molecule is CC(O)CN(C)C(=O)NCCc1cc2ccccc2o1. The lowest BCUT2D eigenvalue weighted by atomic mass is 10.2. The predicted molar refractivity (Wildman–Crippen MR) is 77.6 cm³/mol. The molecular formula is C15H20N2O3. The van der Waals surface area contributed by atoms with Crippen LogP contribution in [0.1, 0.15) is 12.7 Å². The van der Waals surface area contributed by atoms with Crippen LogP contribution in [0.3, 0.4) is 0 Å². The molecule has 0 bridgehead atoms. The number of hydrogen-bond acceptors (Lipinski definition) is 3. The van der Waals surface area contributed by atoms with Gasteiger partial charge in [-0.05, 0) is 19.1 Å². The highest BCUT2D eigenvalue weighted by Gasteiger charge is 2.10. The summed E-state index contributed by atoms with van der Waals surface area (Å²) in [6.45, 7) is 2.47. The zero-order valence-electron chi connectivity index (χ0n) is 11.8. The van der Waals surface area contributed by atoms with Crippen LogP contribution in [-0.2, 0) is 6.42 Å². The first-order chi connectivity index (χ1) is 9.56. The molecule has 0 aliphatic carbocycles. The monoisotopic (exact) mass is 276 g/mol. The lowest BCUT2D eigenvalue weighted by Gasteiger charge is -2.19. The molecule has 108 valence electrons. The van der Waals surface area contributed by atoms with Crippen molar-refractivity contribution in [2.24, 2.45) is 0 Å². The van der Waals surface area contributed by atoms with Crippen molar-refractivity contribution in [2.45, 2.75) is 19.4 Å². The van der Waals surface area contributed by atoms with E-state index in [-0.39, 0.29) is 6.03 Å². The molecule has 0 saturated heterocycles. The van der Waals surface area contributed by atoms with Crippen molar-refractivity contribution >= 4 is 17.0 Å². The molecule has 0 saturated carbocycles. The standard InChI is InChI=1S/C15H20N2O3/c1-11(18)10-17(2)15(19)16-8-7-13-9-12-5-3-4-6-14(12)20-13/h3-6,9,11,18H,7-8,10H2,1-2H3,(H,16,19). The van der Waals surface area contributed by atoms with Gasteiger partial charge in [-0.3, -0.25) is 0 Å². The van der Waals surface area contributed by atoms with Crippen molar-refractivity contribution in [3.63, 3.8) is 0 Å².